The standard InChI is InChI=1S/C13H18N2O4S/c1-9-3-5-11(6-4-9)20(18,19)8-7-12(16)15-10(2)13(14)17/h3-6,10H,7-8H2,1-2H3,(H2,14,17)(H,15,16). The fourth-order valence-electron chi connectivity index (χ4n) is 1.48. The van der Waals surface area contributed by atoms with E-state index in [1.54, 1.807) is 12.1 Å². The minimum Gasteiger partial charge on any atom is -0.368 e. The van der Waals surface area contributed by atoms with Gasteiger partial charge in [0.15, 0.2) is 9.84 Å². The summed E-state index contributed by atoms with van der Waals surface area (Å²) in [5, 5.41) is 2.33. The lowest BCUT2D eigenvalue weighted by molar-refractivity contribution is -0.126. The van der Waals surface area contributed by atoms with E-state index in [1.807, 2.05) is 6.92 Å². The molecule has 0 radical (unpaired) electrons. The van der Waals surface area contributed by atoms with Crippen LogP contribution in [0.4, 0.5) is 0 Å². The number of carbonyl (C=O) groups is 2. The Morgan fingerprint density at radius 3 is 2.30 bits per heavy atom. The number of sulfone groups is 1. The van der Waals surface area contributed by atoms with Crippen LogP contribution in [0.2, 0.25) is 0 Å². The van der Waals surface area contributed by atoms with Crippen LogP contribution in [-0.2, 0) is 19.4 Å². The Bertz CT molecular complexity index is 593. The van der Waals surface area contributed by atoms with E-state index < -0.39 is 27.7 Å². The zero-order valence-electron chi connectivity index (χ0n) is 11.4. The lowest BCUT2D eigenvalue weighted by Crippen LogP contribution is -2.42. The first-order valence-electron chi connectivity index (χ1n) is 6.10. The monoisotopic (exact) mass is 298 g/mol. The van der Waals surface area contributed by atoms with Crippen LogP contribution in [0.25, 0.3) is 0 Å². The van der Waals surface area contributed by atoms with Crippen LogP contribution in [-0.4, -0.2) is 32.0 Å². The topological polar surface area (TPSA) is 106 Å². The molecule has 0 saturated heterocycles. The lowest BCUT2D eigenvalue weighted by atomic mass is 10.2. The van der Waals surface area contributed by atoms with Crippen LogP contribution < -0.4 is 11.1 Å². The molecule has 1 aromatic carbocycles. The van der Waals surface area contributed by atoms with Crippen molar-refractivity contribution < 1.29 is 18.0 Å². The van der Waals surface area contributed by atoms with Crippen molar-refractivity contribution in [3.63, 3.8) is 0 Å². The maximum Gasteiger partial charge on any atom is 0.239 e. The highest BCUT2D eigenvalue weighted by Crippen LogP contribution is 2.12. The van der Waals surface area contributed by atoms with Crippen molar-refractivity contribution in [2.24, 2.45) is 5.73 Å². The Balaban J connectivity index is 2.62. The van der Waals surface area contributed by atoms with Gasteiger partial charge in [0.25, 0.3) is 0 Å². The average Bonchev–Trinajstić information content (AvgIpc) is 2.37. The molecule has 1 atom stereocenters. The minimum atomic E-state index is -3.51. The van der Waals surface area contributed by atoms with Gasteiger partial charge in [0.05, 0.1) is 10.6 Å². The number of nitrogens with one attached hydrogen (secondary N) is 1. The van der Waals surface area contributed by atoms with E-state index >= 15 is 0 Å². The summed E-state index contributed by atoms with van der Waals surface area (Å²) in [6, 6.07) is 5.59. The number of nitrogens with two attached hydrogens (primary N) is 1. The van der Waals surface area contributed by atoms with E-state index in [1.165, 1.54) is 19.1 Å². The van der Waals surface area contributed by atoms with Gasteiger partial charge in [-0.25, -0.2) is 8.42 Å². The molecule has 1 unspecified atom stereocenters. The first-order chi connectivity index (χ1) is 9.22. The molecule has 6 nitrogen and oxygen atoms in total. The van der Waals surface area contributed by atoms with Gasteiger partial charge in [-0.05, 0) is 26.0 Å². The number of hydrogen-bond acceptors (Lipinski definition) is 4. The quantitative estimate of drug-likeness (QED) is 0.779. The number of rotatable bonds is 6. The predicted molar refractivity (Wildman–Crippen MR) is 74.6 cm³/mol. The molecule has 0 heterocycles. The summed E-state index contributed by atoms with van der Waals surface area (Å²) in [7, 11) is -3.51. The average molecular weight is 298 g/mol. The summed E-state index contributed by atoms with van der Waals surface area (Å²) in [5.74, 6) is -1.50. The molecule has 1 rings (SSSR count). The second-order valence-electron chi connectivity index (χ2n) is 4.57. The highest BCUT2D eigenvalue weighted by molar-refractivity contribution is 7.91. The normalized spacial score (nSPS) is 12.7. The maximum absolute atomic E-state index is 12.0. The Hall–Kier alpha value is -1.89. The van der Waals surface area contributed by atoms with Gasteiger partial charge < -0.3 is 11.1 Å². The molecule has 1 aromatic rings. The van der Waals surface area contributed by atoms with Gasteiger partial charge in [-0.1, -0.05) is 17.7 Å². The molecule has 20 heavy (non-hydrogen) atoms. The van der Waals surface area contributed by atoms with Gasteiger partial charge >= 0.3 is 0 Å². The second-order valence-corrected chi connectivity index (χ2v) is 6.68. The molecular weight excluding hydrogens is 280 g/mol. The third-order valence-electron chi connectivity index (χ3n) is 2.78. The molecular formula is C13H18N2O4S. The van der Waals surface area contributed by atoms with Gasteiger partial charge in [-0.3, -0.25) is 9.59 Å². The van der Waals surface area contributed by atoms with Crippen molar-refractivity contribution in [1.82, 2.24) is 5.32 Å². The number of amides is 2. The third-order valence-corrected chi connectivity index (χ3v) is 4.51. The summed E-state index contributed by atoms with van der Waals surface area (Å²) in [5.41, 5.74) is 5.96. The molecule has 0 saturated carbocycles. The number of benzene rings is 1. The Labute approximate surface area is 118 Å². The van der Waals surface area contributed by atoms with E-state index in [4.69, 9.17) is 5.73 Å². The van der Waals surface area contributed by atoms with E-state index in [-0.39, 0.29) is 17.1 Å². The number of hydrogen-bond donors (Lipinski definition) is 2. The largest absolute Gasteiger partial charge is 0.368 e. The fraction of sp³-hybridized carbons (Fsp3) is 0.385. The molecule has 3 N–H and O–H groups in total. The molecule has 7 heteroatoms. The van der Waals surface area contributed by atoms with Gasteiger partial charge in [0.2, 0.25) is 11.8 Å². The van der Waals surface area contributed by atoms with Crippen molar-refractivity contribution >= 4 is 21.7 Å². The molecule has 110 valence electrons. The van der Waals surface area contributed by atoms with Crippen LogP contribution in [0.1, 0.15) is 18.9 Å². The first kappa shape index (κ1) is 16.2. The molecule has 0 aliphatic rings. The predicted octanol–water partition coefficient (Wildman–Crippen LogP) is 0.149. The van der Waals surface area contributed by atoms with E-state index in [9.17, 15) is 18.0 Å². The Kier molecular flexibility index (Phi) is 5.26. The first-order valence-corrected chi connectivity index (χ1v) is 7.75. The van der Waals surface area contributed by atoms with Gasteiger partial charge in [0.1, 0.15) is 6.04 Å². The van der Waals surface area contributed by atoms with Gasteiger partial charge in [-0.15, -0.1) is 0 Å². The van der Waals surface area contributed by atoms with Gasteiger partial charge in [-0.2, -0.15) is 0 Å². The molecule has 0 aliphatic carbocycles. The van der Waals surface area contributed by atoms with Crippen LogP contribution in [0, 0.1) is 6.92 Å². The summed E-state index contributed by atoms with van der Waals surface area (Å²) in [4.78, 5) is 22.5. The smallest absolute Gasteiger partial charge is 0.239 e. The van der Waals surface area contributed by atoms with Crippen molar-refractivity contribution in [1.29, 1.82) is 0 Å². The fourth-order valence-corrected chi connectivity index (χ4v) is 2.72. The van der Waals surface area contributed by atoms with Crippen molar-refractivity contribution in [2.45, 2.75) is 31.2 Å². The summed E-state index contributed by atoms with van der Waals surface area (Å²) in [6.07, 6.45) is -0.214. The zero-order chi connectivity index (χ0) is 15.3. The van der Waals surface area contributed by atoms with Crippen LogP contribution in [0.15, 0.2) is 29.2 Å². The van der Waals surface area contributed by atoms with Crippen LogP contribution in [0.5, 0.6) is 0 Å². The number of primary amides is 1. The van der Waals surface area contributed by atoms with Crippen molar-refractivity contribution in [3.05, 3.63) is 29.8 Å². The van der Waals surface area contributed by atoms with Crippen LogP contribution in [0.3, 0.4) is 0 Å². The van der Waals surface area contributed by atoms with Crippen LogP contribution >= 0.6 is 0 Å². The molecule has 0 spiro atoms. The maximum atomic E-state index is 12.0. The summed E-state index contributed by atoms with van der Waals surface area (Å²) in [6.45, 7) is 3.30. The van der Waals surface area contributed by atoms with E-state index in [2.05, 4.69) is 5.32 Å². The molecule has 0 aromatic heterocycles. The number of carbonyl (C=O) groups excluding carboxylic acids is 2. The number of aryl methyl sites for hydroxylation is 1. The third kappa shape index (κ3) is 4.65. The Morgan fingerprint density at radius 1 is 1.25 bits per heavy atom. The molecule has 2 amide bonds. The van der Waals surface area contributed by atoms with E-state index in [0.717, 1.165) is 5.56 Å². The molecule has 0 bridgehead atoms. The van der Waals surface area contributed by atoms with Crippen molar-refractivity contribution in [2.75, 3.05) is 5.75 Å². The molecule has 0 aliphatic heterocycles. The Morgan fingerprint density at radius 2 is 1.80 bits per heavy atom. The SMILES string of the molecule is Cc1ccc(S(=O)(=O)CCC(=O)NC(C)C(N)=O)cc1. The minimum absolute atomic E-state index is 0.179. The molecule has 0 fully saturated rings. The van der Waals surface area contributed by atoms with Crippen molar-refractivity contribution in [3.8, 4) is 0 Å². The lowest BCUT2D eigenvalue weighted by Gasteiger charge is -2.10. The van der Waals surface area contributed by atoms with E-state index in [0.29, 0.717) is 0 Å². The second kappa shape index (κ2) is 6.51. The van der Waals surface area contributed by atoms with Gasteiger partial charge in [0, 0.05) is 6.42 Å². The highest BCUT2D eigenvalue weighted by Gasteiger charge is 2.18. The summed E-state index contributed by atoms with van der Waals surface area (Å²) >= 11 is 0. The highest BCUT2D eigenvalue weighted by atomic mass is 32.2. The summed E-state index contributed by atoms with van der Waals surface area (Å²) < 4.78 is 24.0. The zero-order valence-corrected chi connectivity index (χ0v) is 12.2.